The van der Waals surface area contributed by atoms with E-state index in [2.05, 4.69) is 5.32 Å². The number of carboxylic acid groups (broad SMARTS) is 1. The second-order valence-corrected chi connectivity index (χ2v) is 4.67. The Morgan fingerprint density at radius 1 is 1.45 bits per heavy atom. The lowest BCUT2D eigenvalue weighted by atomic mass is 10.2. The second kappa shape index (κ2) is 5.88. The van der Waals surface area contributed by atoms with Crippen LogP contribution in [0.3, 0.4) is 0 Å². The van der Waals surface area contributed by atoms with Gasteiger partial charge in [0.2, 0.25) is 0 Å². The Bertz CT molecular complexity index is 636. The van der Waals surface area contributed by atoms with Gasteiger partial charge >= 0.3 is 5.97 Å². The van der Waals surface area contributed by atoms with Crippen molar-refractivity contribution in [2.45, 2.75) is 13.5 Å². The quantitative estimate of drug-likeness (QED) is 0.882. The SMILES string of the molecule is COc1cc(Cl)c(C)cc1NCc1cc(C(=O)O)co1. The Hall–Kier alpha value is -2.14. The number of nitrogens with one attached hydrogen (secondary N) is 1. The van der Waals surface area contributed by atoms with Crippen LogP contribution < -0.4 is 10.1 Å². The average molecular weight is 296 g/mol. The summed E-state index contributed by atoms with van der Waals surface area (Å²) in [6.07, 6.45) is 1.21. The van der Waals surface area contributed by atoms with Crippen molar-refractivity contribution in [2.24, 2.45) is 0 Å². The molecule has 1 heterocycles. The Morgan fingerprint density at radius 2 is 2.20 bits per heavy atom. The fourth-order valence-corrected chi connectivity index (χ4v) is 1.89. The van der Waals surface area contributed by atoms with E-state index in [-0.39, 0.29) is 5.56 Å². The molecule has 0 aliphatic carbocycles. The van der Waals surface area contributed by atoms with Crippen molar-refractivity contribution in [2.75, 3.05) is 12.4 Å². The molecular formula is C14H14ClNO4. The van der Waals surface area contributed by atoms with Crippen LogP contribution in [0.4, 0.5) is 5.69 Å². The molecule has 0 unspecified atom stereocenters. The summed E-state index contributed by atoms with van der Waals surface area (Å²) in [5, 5.41) is 12.6. The summed E-state index contributed by atoms with van der Waals surface area (Å²) in [6.45, 7) is 2.24. The third kappa shape index (κ3) is 3.05. The summed E-state index contributed by atoms with van der Waals surface area (Å²) < 4.78 is 10.4. The zero-order valence-electron chi connectivity index (χ0n) is 11.1. The first kappa shape index (κ1) is 14.3. The summed E-state index contributed by atoms with van der Waals surface area (Å²) in [7, 11) is 1.56. The molecule has 0 atom stereocenters. The van der Waals surface area contributed by atoms with Crippen LogP contribution in [0.5, 0.6) is 5.75 Å². The Balaban J connectivity index is 2.13. The molecule has 0 radical (unpaired) electrons. The summed E-state index contributed by atoms with van der Waals surface area (Å²) in [6, 6.07) is 5.07. The molecule has 106 valence electrons. The maximum atomic E-state index is 10.8. The predicted molar refractivity (Wildman–Crippen MR) is 75.7 cm³/mol. The number of aryl methyl sites for hydroxylation is 1. The van der Waals surface area contributed by atoms with E-state index in [1.807, 2.05) is 13.0 Å². The highest BCUT2D eigenvalue weighted by Gasteiger charge is 2.10. The number of rotatable bonds is 5. The lowest BCUT2D eigenvalue weighted by Gasteiger charge is -2.12. The van der Waals surface area contributed by atoms with Gasteiger partial charge in [-0.25, -0.2) is 4.79 Å². The normalized spacial score (nSPS) is 10.3. The molecule has 0 amide bonds. The minimum Gasteiger partial charge on any atom is -0.495 e. The van der Waals surface area contributed by atoms with Gasteiger partial charge in [0.1, 0.15) is 17.8 Å². The van der Waals surface area contributed by atoms with Crippen LogP contribution in [0, 0.1) is 6.92 Å². The fourth-order valence-electron chi connectivity index (χ4n) is 1.74. The standard InChI is InChI=1S/C14H14ClNO4/c1-8-3-12(13(19-2)5-11(8)15)16-6-10-4-9(7-20-10)14(17)18/h3-5,7,16H,6H2,1-2H3,(H,17,18). The van der Waals surface area contributed by atoms with Crippen molar-refractivity contribution >= 4 is 23.3 Å². The lowest BCUT2D eigenvalue weighted by molar-refractivity contribution is 0.0696. The van der Waals surface area contributed by atoms with Crippen molar-refractivity contribution in [3.05, 3.63) is 46.4 Å². The molecule has 5 nitrogen and oxygen atoms in total. The number of aromatic carboxylic acids is 1. The van der Waals surface area contributed by atoms with E-state index in [4.69, 9.17) is 25.9 Å². The van der Waals surface area contributed by atoms with E-state index in [0.29, 0.717) is 23.1 Å². The third-order valence-electron chi connectivity index (χ3n) is 2.83. The van der Waals surface area contributed by atoms with Gasteiger partial charge in [-0.3, -0.25) is 0 Å². The molecule has 0 bridgehead atoms. The van der Waals surface area contributed by atoms with E-state index < -0.39 is 5.97 Å². The molecule has 20 heavy (non-hydrogen) atoms. The van der Waals surface area contributed by atoms with Crippen LogP contribution in [-0.2, 0) is 6.54 Å². The summed E-state index contributed by atoms with van der Waals surface area (Å²) in [4.78, 5) is 10.8. The third-order valence-corrected chi connectivity index (χ3v) is 3.24. The molecule has 0 aliphatic rings. The molecule has 1 aromatic carbocycles. The van der Waals surface area contributed by atoms with Crippen LogP contribution in [0.2, 0.25) is 5.02 Å². The predicted octanol–water partition coefficient (Wildman–Crippen LogP) is 3.56. The van der Waals surface area contributed by atoms with E-state index in [0.717, 1.165) is 11.3 Å². The van der Waals surface area contributed by atoms with Gasteiger partial charge in [-0.1, -0.05) is 11.6 Å². The maximum absolute atomic E-state index is 10.8. The molecule has 0 fully saturated rings. The number of methoxy groups -OCH3 is 1. The highest BCUT2D eigenvalue weighted by Crippen LogP contribution is 2.31. The number of hydrogen-bond donors (Lipinski definition) is 2. The molecule has 0 saturated carbocycles. The highest BCUT2D eigenvalue weighted by atomic mass is 35.5. The summed E-state index contributed by atoms with van der Waals surface area (Å²) in [5.41, 5.74) is 1.81. The zero-order chi connectivity index (χ0) is 14.7. The van der Waals surface area contributed by atoms with E-state index in [1.54, 1.807) is 13.2 Å². The van der Waals surface area contributed by atoms with Crippen LogP contribution in [0.15, 0.2) is 28.9 Å². The van der Waals surface area contributed by atoms with E-state index in [9.17, 15) is 4.79 Å². The largest absolute Gasteiger partial charge is 0.495 e. The van der Waals surface area contributed by atoms with Gasteiger partial charge in [0, 0.05) is 11.1 Å². The van der Waals surface area contributed by atoms with Crippen molar-refractivity contribution < 1.29 is 19.1 Å². The Morgan fingerprint density at radius 3 is 2.80 bits per heavy atom. The van der Waals surface area contributed by atoms with Crippen molar-refractivity contribution in [3.8, 4) is 5.75 Å². The number of ether oxygens (including phenoxy) is 1. The van der Waals surface area contributed by atoms with Gasteiger partial charge in [-0.2, -0.15) is 0 Å². The second-order valence-electron chi connectivity index (χ2n) is 4.26. The number of carboxylic acids is 1. The molecule has 0 spiro atoms. The Kier molecular flexibility index (Phi) is 4.20. The van der Waals surface area contributed by atoms with Gasteiger partial charge in [0.25, 0.3) is 0 Å². The number of hydrogen-bond acceptors (Lipinski definition) is 4. The zero-order valence-corrected chi connectivity index (χ0v) is 11.8. The van der Waals surface area contributed by atoms with Crippen molar-refractivity contribution in [3.63, 3.8) is 0 Å². The molecule has 1 aromatic heterocycles. The van der Waals surface area contributed by atoms with Crippen LogP contribution in [-0.4, -0.2) is 18.2 Å². The number of furan rings is 1. The van der Waals surface area contributed by atoms with Crippen LogP contribution in [0.1, 0.15) is 21.7 Å². The topological polar surface area (TPSA) is 71.7 Å². The number of benzene rings is 1. The van der Waals surface area contributed by atoms with Gasteiger partial charge in [-0.15, -0.1) is 0 Å². The maximum Gasteiger partial charge on any atom is 0.338 e. The van der Waals surface area contributed by atoms with Crippen LogP contribution >= 0.6 is 11.6 Å². The molecule has 2 N–H and O–H groups in total. The minimum atomic E-state index is -1.01. The average Bonchev–Trinajstić information content (AvgIpc) is 2.88. The van der Waals surface area contributed by atoms with Crippen molar-refractivity contribution in [1.29, 1.82) is 0 Å². The molecule has 6 heteroatoms. The lowest BCUT2D eigenvalue weighted by Crippen LogP contribution is -2.01. The van der Waals surface area contributed by atoms with Gasteiger partial charge in [-0.05, 0) is 24.6 Å². The first-order valence-electron chi connectivity index (χ1n) is 5.90. The summed E-state index contributed by atoms with van der Waals surface area (Å²) >= 11 is 6.03. The first-order chi connectivity index (χ1) is 9.51. The monoisotopic (exact) mass is 295 g/mol. The Labute approximate surface area is 121 Å². The minimum absolute atomic E-state index is 0.126. The van der Waals surface area contributed by atoms with Gasteiger partial charge in [0.15, 0.2) is 0 Å². The fraction of sp³-hybridized carbons (Fsp3) is 0.214. The van der Waals surface area contributed by atoms with E-state index in [1.165, 1.54) is 12.3 Å². The van der Waals surface area contributed by atoms with E-state index >= 15 is 0 Å². The van der Waals surface area contributed by atoms with Gasteiger partial charge < -0.3 is 19.6 Å². The highest BCUT2D eigenvalue weighted by molar-refractivity contribution is 6.31. The van der Waals surface area contributed by atoms with Crippen LogP contribution in [0.25, 0.3) is 0 Å². The molecule has 0 saturated heterocycles. The first-order valence-corrected chi connectivity index (χ1v) is 6.27. The van der Waals surface area contributed by atoms with Gasteiger partial charge in [0.05, 0.1) is 24.9 Å². The number of carbonyl (C=O) groups is 1. The molecule has 2 rings (SSSR count). The number of anilines is 1. The molecular weight excluding hydrogens is 282 g/mol. The molecule has 2 aromatic rings. The smallest absolute Gasteiger partial charge is 0.338 e. The summed E-state index contributed by atoms with van der Waals surface area (Å²) in [5.74, 6) is 0.127. The number of halogens is 1. The molecule has 0 aliphatic heterocycles. The van der Waals surface area contributed by atoms with Crippen molar-refractivity contribution in [1.82, 2.24) is 0 Å².